The normalized spacial score (nSPS) is 30.0. The van der Waals surface area contributed by atoms with Crippen molar-refractivity contribution in [1.82, 2.24) is 4.90 Å². The molecule has 2 heterocycles. The van der Waals surface area contributed by atoms with Crippen LogP contribution in [0.25, 0.3) is 10.8 Å². The van der Waals surface area contributed by atoms with Crippen molar-refractivity contribution in [2.75, 3.05) is 14.2 Å². The monoisotopic (exact) mass is 336 g/mol. The molecule has 0 saturated carbocycles. The fraction of sp³-hybridized carbons (Fsp3) is 0.500. The van der Waals surface area contributed by atoms with E-state index in [2.05, 4.69) is 66.5 Å². The van der Waals surface area contributed by atoms with E-state index in [0.29, 0.717) is 23.9 Å². The number of oxime groups is 1. The van der Waals surface area contributed by atoms with Crippen molar-refractivity contribution in [1.29, 1.82) is 0 Å². The van der Waals surface area contributed by atoms with E-state index in [1.54, 1.807) is 7.11 Å². The minimum absolute atomic E-state index is 0.454. The minimum Gasteiger partial charge on any atom is -0.399 e. The Balaban J connectivity index is 1.77. The zero-order chi connectivity index (χ0) is 17.4. The van der Waals surface area contributed by atoms with Crippen molar-refractivity contribution in [3.05, 3.63) is 48.0 Å². The van der Waals surface area contributed by atoms with Gasteiger partial charge in [-0.05, 0) is 55.0 Å². The van der Waals surface area contributed by atoms with E-state index in [1.807, 2.05) is 0 Å². The fourth-order valence-corrected chi connectivity index (χ4v) is 5.18. The van der Waals surface area contributed by atoms with Crippen LogP contribution in [0.5, 0.6) is 0 Å². The van der Waals surface area contributed by atoms with Gasteiger partial charge in [0.25, 0.3) is 0 Å². The largest absolute Gasteiger partial charge is 0.399 e. The molecule has 132 valence electrons. The van der Waals surface area contributed by atoms with Crippen LogP contribution in [0.4, 0.5) is 0 Å². The molecule has 2 saturated heterocycles. The molecule has 3 heteroatoms. The molecule has 0 N–H and O–H groups in total. The van der Waals surface area contributed by atoms with Crippen molar-refractivity contribution in [3.63, 3.8) is 0 Å². The molecule has 4 atom stereocenters. The molecule has 3 nitrogen and oxygen atoms in total. The Morgan fingerprint density at radius 2 is 1.96 bits per heavy atom. The Bertz CT molecular complexity index is 784. The second-order valence-electron chi connectivity index (χ2n) is 7.56. The highest BCUT2D eigenvalue weighted by Crippen LogP contribution is 2.47. The summed E-state index contributed by atoms with van der Waals surface area (Å²) in [5.74, 6) is 0.988. The summed E-state index contributed by atoms with van der Waals surface area (Å²) in [4.78, 5) is 7.81. The first kappa shape index (κ1) is 16.6. The zero-order valence-corrected chi connectivity index (χ0v) is 15.5. The van der Waals surface area contributed by atoms with E-state index in [9.17, 15) is 0 Å². The van der Waals surface area contributed by atoms with Crippen molar-refractivity contribution in [2.24, 2.45) is 11.1 Å². The molecule has 4 rings (SSSR count). The summed E-state index contributed by atoms with van der Waals surface area (Å²) in [5, 5.41) is 7.10. The maximum atomic E-state index is 5.21. The first-order valence-corrected chi connectivity index (χ1v) is 9.53. The van der Waals surface area contributed by atoms with E-state index in [4.69, 9.17) is 4.84 Å². The van der Waals surface area contributed by atoms with Gasteiger partial charge < -0.3 is 4.84 Å². The number of hydrogen-bond acceptors (Lipinski definition) is 3. The Kier molecular flexibility index (Phi) is 4.51. The third-order valence-corrected chi connectivity index (χ3v) is 6.43. The third kappa shape index (κ3) is 2.85. The molecule has 25 heavy (non-hydrogen) atoms. The van der Waals surface area contributed by atoms with Crippen molar-refractivity contribution < 1.29 is 4.84 Å². The Morgan fingerprint density at radius 3 is 2.72 bits per heavy atom. The summed E-state index contributed by atoms with van der Waals surface area (Å²) in [6, 6.07) is 17.0. The van der Waals surface area contributed by atoms with Crippen molar-refractivity contribution in [2.45, 2.75) is 50.6 Å². The number of benzene rings is 2. The molecule has 0 aromatic heterocycles. The second kappa shape index (κ2) is 6.80. The van der Waals surface area contributed by atoms with Crippen LogP contribution in [0.3, 0.4) is 0 Å². The summed E-state index contributed by atoms with van der Waals surface area (Å²) in [5.41, 5.74) is 2.68. The molecule has 0 spiro atoms. The van der Waals surface area contributed by atoms with Crippen LogP contribution in [0.1, 0.15) is 44.1 Å². The minimum atomic E-state index is 0.454. The summed E-state index contributed by atoms with van der Waals surface area (Å²) in [6.07, 6.45) is 4.76. The van der Waals surface area contributed by atoms with E-state index < -0.39 is 0 Å². The van der Waals surface area contributed by atoms with Gasteiger partial charge in [-0.25, -0.2) is 0 Å². The quantitative estimate of drug-likeness (QED) is 0.591. The van der Waals surface area contributed by atoms with Crippen LogP contribution >= 0.6 is 0 Å². The van der Waals surface area contributed by atoms with Crippen LogP contribution in [0, 0.1) is 5.92 Å². The van der Waals surface area contributed by atoms with Crippen molar-refractivity contribution >= 4 is 16.5 Å². The average Bonchev–Trinajstić information content (AvgIpc) is 2.88. The van der Waals surface area contributed by atoms with Crippen molar-refractivity contribution in [3.8, 4) is 0 Å². The van der Waals surface area contributed by atoms with E-state index in [-0.39, 0.29) is 0 Å². The van der Waals surface area contributed by atoms with Gasteiger partial charge in [-0.2, -0.15) is 0 Å². The van der Waals surface area contributed by atoms with E-state index in [1.165, 1.54) is 41.3 Å². The summed E-state index contributed by atoms with van der Waals surface area (Å²) < 4.78 is 0. The molecule has 0 radical (unpaired) electrons. The molecule has 0 amide bonds. The van der Waals surface area contributed by atoms with Crippen LogP contribution in [-0.2, 0) is 4.84 Å². The highest BCUT2D eigenvalue weighted by molar-refractivity contribution is 5.88. The van der Waals surface area contributed by atoms with Gasteiger partial charge in [0, 0.05) is 18.0 Å². The summed E-state index contributed by atoms with van der Waals surface area (Å²) in [6.45, 7) is 2.20. The molecule has 1 unspecified atom stereocenters. The number of nitrogens with zero attached hydrogens (tertiary/aromatic N) is 2. The van der Waals surface area contributed by atoms with Crippen LogP contribution in [0.15, 0.2) is 47.6 Å². The van der Waals surface area contributed by atoms with Gasteiger partial charge in [-0.1, -0.05) is 54.5 Å². The van der Waals surface area contributed by atoms with Gasteiger partial charge in [0.05, 0.1) is 5.71 Å². The molecule has 2 aromatic rings. The molecule has 2 bridgehead atoms. The highest BCUT2D eigenvalue weighted by Gasteiger charge is 2.47. The number of hydrogen-bond donors (Lipinski definition) is 0. The highest BCUT2D eigenvalue weighted by atomic mass is 16.6. The van der Waals surface area contributed by atoms with Gasteiger partial charge in [0.2, 0.25) is 0 Å². The standard InChI is InChI=1S/C22H28N2O/c1-4-20(23-25-3)22-19(14-18-11-12-21(22)24(18)2)17-10-9-15-7-5-6-8-16(15)13-17/h5-10,13,18-19,21-22H,4,11-12,14H2,1-3H3/t18?,19-,21+,22+/m0/s1. The lowest BCUT2D eigenvalue weighted by Gasteiger charge is -2.43. The van der Waals surface area contributed by atoms with E-state index >= 15 is 0 Å². The maximum Gasteiger partial charge on any atom is 0.106 e. The molecule has 2 aliphatic rings. The number of fused-ring (bicyclic) bond motifs is 3. The lowest BCUT2D eigenvalue weighted by atomic mass is 9.73. The SMILES string of the molecule is CCC(=NOC)[C@@H]1[C@H]2CCC(C[C@H]1c1ccc3ccccc3c1)N2C. The van der Waals surface area contributed by atoms with Gasteiger partial charge in [0.1, 0.15) is 7.11 Å². The first-order chi connectivity index (χ1) is 12.2. The van der Waals surface area contributed by atoms with Crippen LogP contribution < -0.4 is 0 Å². The molecule has 2 aromatic carbocycles. The molecule has 2 aliphatic heterocycles. The predicted octanol–water partition coefficient (Wildman–Crippen LogP) is 4.82. The second-order valence-corrected chi connectivity index (χ2v) is 7.56. The van der Waals surface area contributed by atoms with Gasteiger partial charge in [-0.3, -0.25) is 4.90 Å². The van der Waals surface area contributed by atoms with Gasteiger partial charge >= 0.3 is 0 Å². The summed E-state index contributed by atoms with van der Waals surface area (Å²) in [7, 11) is 3.97. The third-order valence-electron chi connectivity index (χ3n) is 6.43. The maximum absolute atomic E-state index is 5.21. The lowest BCUT2D eigenvalue weighted by molar-refractivity contribution is 0.127. The van der Waals surface area contributed by atoms with Gasteiger partial charge in [0.15, 0.2) is 0 Å². The number of rotatable bonds is 4. The predicted molar refractivity (Wildman–Crippen MR) is 104 cm³/mol. The fourth-order valence-electron chi connectivity index (χ4n) is 5.18. The smallest absolute Gasteiger partial charge is 0.106 e. The Hall–Kier alpha value is -1.87. The zero-order valence-electron chi connectivity index (χ0n) is 15.5. The summed E-state index contributed by atoms with van der Waals surface area (Å²) >= 11 is 0. The van der Waals surface area contributed by atoms with Crippen LogP contribution in [-0.4, -0.2) is 36.9 Å². The Morgan fingerprint density at radius 1 is 1.16 bits per heavy atom. The molecule has 0 aliphatic carbocycles. The molecule has 2 fully saturated rings. The first-order valence-electron chi connectivity index (χ1n) is 9.53. The molecular weight excluding hydrogens is 308 g/mol. The van der Waals surface area contributed by atoms with Crippen LogP contribution in [0.2, 0.25) is 0 Å². The van der Waals surface area contributed by atoms with Gasteiger partial charge in [-0.15, -0.1) is 0 Å². The molecular formula is C22H28N2O. The topological polar surface area (TPSA) is 24.8 Å². The lowest BCUT2D eigenvalue weighted by Crippen LogP contribution is -2.48. The Labute approximate surface area is 150 Å². The van der Waals surface area contributed by atoms with E-state index in [0.717, 1.165) is 6.42 Å². The number of piperidine rings is 1. The average molecular weight is 336 g/mol.